The van der Waals surface area contributed by atoms with Crippen molar-refractivity contribution in [1.82, 2.24) is 15.0 Å². The molecular weight excluding hydrogens is 178 g/mol. The first kappa shape index (κ1) is 8.87. The van der Waals surface area contributed by atoms with Crippen LogP contribution in [0.25, 0.3) is 11.0 Å². The summed E-state index contributed by atoms with van der Waals surface area (Å²) in [5.74, 6) is 0.350. The second-order valence-electron chi connectivity index (χ2n) is 3.53. The number of aromatic nitrogens is 3. The first-order valence-electron chi connectivity index (χ1n) is 4.52. The van der Waals surface area contributed by atoms with Gasteiger partial charge < -0.3 is 4.98 Å². The van der Waals surface area contributed by atoms with E-state index in [2.05, 4.69) is 28.8 Å². The van der Waals surface area contributed by atoms with Gasteiger partial charge in [-0.3, -0.25) is 9.78 Å². The molecule has 2 heterocycles. The summed E-state index contributed by atoms with van der Waals surface area (Å²) < 4.78 is 0. The van der Waals surface area contributed by atoms with Crippen molar-refractivity contribution >= 4 is 11.0 Å². The standard InChI is InChI=1S/C10H11N3O/c1-6(2)7-3-8-9(4-11-7)12-5-10(14)13-8/h3-6H,1-2H3,(H,13,14). The van der Waals surface area contributed by atoms with Crippen LogP contribution in [-0.4, -0.2) is 15.0 Å². The summed E-state index contributed by atoms with van der Waals surface area (Å²) in [7, 11) is 0. The SMILES string of the molecule is CC(C)c1cc2[nH]c(=O)cnc2cn1. The molecule has 0 aliphatic carbocycles. The molecule has 0 bridgehead atoms. The Kier molecular flexibility index (Phi) is 2.04. The van der Waals surface area contributed by atoms with Crippen molar-refractivity contribution in [2.75, 3.05) is 0 Å². The molecule has 0 saturated heterocycles. The Balaban J connectivity index is 2.69. The maximum absolute atomic E-state index is 11.0. The fraction of sp³-hybridized carbons (Fsp3) is 0.300. The van der Waals surface area contributed by atoms with Gasteiger partial charge >= 0.3 is 0 Å². The highest BCUT2D eigenvalue weighted by Crippen LogP contribution is 2.14. The lowest BCUT2D eigenvalue weighted by molar-refractivity contribution is 0.824. The monoisotopic (exact) mass is 189 g/mol. The number of nitrogens with one attached hydrogen (secondary N) is 1. The number of hydrogen-bond donors (Lipinski definition) is 1. The molecule has 0 saturated carbocycles. The molecule has 0 aromatic carbocycles. The molecule has 14 heavy (non-hydrogen) atoms. The highest BCUT2D eigenvalue weighted by Gasteiger charge is 2.02. The first-order valence-corrected chi connectivity index (χ1v) is 4.52. The summed E-state index contributed by atoms with van der Waals surface area (Å²) in [6.45, 7) is 4.12. The van der Waals surface area contributed by atoms with Crippen molar-refractivity contribution in [2.45, 2.75) is 19.8 Å². The van der Waals surface area contributed by atoms with Gasteiger partial charge in [0.05, 0.1) is 17.9 Å². The van der Waals surface area contributed by atoms with E-state index in [1.165, 1.54) is 6.20 Å². The highest BCUT2D eigenvalue weighted by atomic mass is 16.1. The summed E-state index contributed by atoms with van der Waals surface area (Å²) in [5, 5.41) is 0. The minimum atomic E-state index is -0.182. The average Bonchev–Trinajstić information content (AvgIpc) is 2.16. The van der Waals surface area contributed by atoms with Gasteiger partial charge in [-0.25, -0.2) is 4.98 Å². The number of rotatable bonds is 1. The Morgan fingerprint density at radius 1 is 1.29 bits per heavy atom. The van der Waals surface area contributed by atoms with E-state index in [9.17, 15) is 4.79 Å². The fourth-order valence-corrected chi connectivity index (χ4v) is 1.28. The zero-order valence-corrected chi connectivity index (χ0v) is 8.11. The molecule has 0 aliphatic heterocycles. The molecule has 0 radical (unpaired) electrons. The van der Waals surface area contributed by atoms with Crippen molar-refractivity contribution < 1.29 is 0 Å². The van der Waals surface area contributed by atoms with Gasteiger partial charge in [-0.15, -0.1) is 0 Å². The number of aromatic amines is 1. The number of nitrogens with zero attached hydrogens (tertiary/aromatic N) is 2. The van der Waals surface area contributed by atoms with Crippen LogP contribution in [0.5, 0.6) is 0 Å². The maximum atomic E-state index is 11.0. The van der Waals surface area contributed by atoms with Crippen molar-refractivity contribution in [2.24, 2.45) is 0 Å². The zero-order valence-electron chi connectivity index (χ0n) is 8.11. The molecule has 0 unspecified atom stereocenters. The summed E-state index contributed by atoms with van der Waals surface area (Å²) in [6, 6.07) is 1.87. The molecule has 1 N–H and O–H groups in total. The van der Waals surface area contributed by atoms with Crippen LogP contribution in [-0.2, 0) is 0 Å². The smallest absolute Gasteiger partial charge is 0.266 e. The molecule has 2 aromatic rings. The Morgan fingerprint density at radius 2 is 2.07 bits per heavy atom. The molecule has 2 aromatic heterocycles. The van der Waals surface area contributed by atoms with E-state index < -0.39 is 0 Å². The summed E-state index contributed by atoms with van der Waals surface area (Å²) >= 11 is 0. The average molecular weight is 189 g/mol. The maximum Gasteiger partial charge on any atom is 0.266 e. The van der Waals surface area contributed by atoms with Gasteiger partial charge in [0.1, 0.15) is 5.52 Å². The molecule has 4 nitrogen and oxygen atoms in total. The zero-order chi connectivity index (χ0) is 10.1. The third-order valence-electron chi connectivity index (χ3n) is 2.07. The molecule has 4 heteroatoms. The van der Waals surface area contributed by atoms with E-state index >= 15 is 0 Å². The van der Waals surface area contributed by atoms with Crippen molar-refractivity contribution in [3.63, 3.8) is 0 Å². The van der Waals surface area contributed by atoms with Gasteiger partial charge in [-0.1, -0.05) is 13.8 Å². The van der Waals surface area contributed by atoms with E-state index in [4.69, 9.17) is 0 Å². The van der Waals surface area contributed by atoms with Gasteiger partial charge in [0, 0.05) is 5.69 Å². The number of H-pyrrole nitrogens is 1. The topological polar surface area (TPSA) is 58.6 Å². The molecule has 0 atom stereocenters. The van der Waals surface area contributed by atoms with Gasteiger partial charge in [-0.05, 0) is 12.0 Å². The molecule has 0 aliphatic rings. The van der Waals surface area contributed by atoms with E-state index in [1.54, 1.807) is 6.20 Å². The van der Waals surface area contributed by atoms with Crippen LogP contribution >= 0.6 is 0 Å². The van der Waals surface area contributed by atoms with Crippen LogP contribution in [0.15, 0.2) is 23.3 Å². The number of hydrogen-bond acceptors (Lipinski definition) is 3. The summed E-state index contributed by atoms with van der Waals surface area (Å²) in [6.07, 6.45) is 2.94. The Hall–Kier alpha value is -1.71. The van der Waals surface area contributed by atoms with Crippen LogP contribution in [0.2, 0.25) is 0 Å². The van der Waals surface area contributed by atoms with Crippen LogP contribution in [0.4, 0.5) is 0 Å². The second kappa shape index (κ2) is 3.21. The molecule has 2 rings (SSSR count). The minimum absolute atomic E-state index is 0.182. The Morgan fingerprint density at radius 3 is 2.79 bits per heavy atom. The van der Waals surface area contributed by atoms with Crippen molar-refractivity contribution in [3.8, 4) is 0 Å². The molecule has 0 spiro atoms. The second-order valence-corrected chi connectivity index (χ2v) is 3.53. The van der Waals surface area contributed by atoms with E-state index in [0.717, 1.165) is 11.2 Å². The third-order valence-corrected chi connectivity index (χ3v) is 2.07. The predicted octanol–water partition coefficient (Wildman–Crippen LogP) is 1.44. The van der Waals surface area contributed by atoms with Crippen LogP contribution in [0.1, 0.15) is 25.5 Å². The third kappa shape index (κ3) is 1.51. The van der Waals surface area contributed by atoms with Gasteiger partial charge in [-0.2, -0.15) is 0 Å². The lowest BCUT2D eigenvalue weighted by atomic mass is 10.1. The molecular formula is C10H11N3O. The van der Waals surface area contributed by atoms with Crippen LogP contribution in [0.3, 0.4) is 0 Å². The van der Waals surface area contributed by atoms with Crippen molar-refractivity contribution in [1.29, 1.82) is 0 Å². The van der Waals surface area contributed by atoms with Crippen molar-refractivity contribution in [3.05, 3.63) is 34.5 Å². The largest absolute Gasteiger partial charge is 0.319 e. The lowest BCUT2D eigenvalue weighted by Crippen LogP contribution is -2.06. The van der Waals surface area contributed by atoms with E-state index in [1.807, 2.05) is 6.07 Å². The lowest BCUT2D eigenvalue weighted by Gasteiger charge is -2.04. The molecule has 72 valence electrons. The first-order chi connectivity index (χ1) is 6.66. The molecule has 0 fully saturated rings. The number of fused-ring (bicyclic) bond motifs is 1. The van der Waals surface area contributed by atoms with E-state index in [0.29, 0.717) is 11.4 Å². The van der Waals surface area contributed by atoms with Gasteiger partial charge in [0.15, 0.2) is 0 Å². The minimum Gasteiger partial charge on any atom is -0.319 e. The summed E-state index contributed by atoms with van der Waals surface area (Å²) in [4.78, 5) is 22.0. The number of pyridine rings is 1. The highest BCUT2D eigenvalue weighted by molar-refractivity contribution is 5.72. The summed E-state index contributed by atoms with van der Waals surface area (Å²) in [5.41, 5.74) is 2.24. The molecule has 0 amide bonds. The Bertz CT molecular complexity index is 516. The van der Waals surface area contributed by atoms with Crippen LogP contribution in [0, 0.1) is 0 Å². The quantitative estimate of drug-likeness (QED) is 0.738. The van der Waals surface area contributed by atoms with Gasteiger partial charge in [0.25, 0.3) is 5.56 Å². The van der Waals surface area contributed by atoms with Gasteiger partial charge in [0.2, 0.25) is 0 Å². The predicted molar refractivity (Wildman–Crippen MR) is 54.2 cm³/mol. The fourth-order valence-electron chi connectivity index (χ4n) is 1.28. The normalized spacial score (nSPS) is 11.1. The Labute approximate surface area is 81.0 Å². The van der Waals surface area contributed by atoms with E-state index in [-0.39, 0.29) is 5.56 Å². The van der Waals surface area contributed by atoms with Crippen LogP contribution < -0.4 is 5.56 Å².